The highest BCUT2D eigenvalue weighted by Gasteiger charge is 2.30. The fraction of sp³-hybridized carbons (Fsp3) is 0.647. The number of nitrogens with one attached hydrogen (secondary N) is 3. The third-order valence-electron chi connectivity index (χ3n) is 4.19. The second-order valence-electron chi connectivity index (χ2n) is 6.87. The van der Waals surface area contributed by atoms with E-state index in [1.807, 2.05) is 0 Å². The van der Waals surface area contributed by atoms with Gasteiger partial charge < -0.3 is 43.4 Å². The summed E-state index contributed by atoms with van der Waals surface area (Å²) >= 11 is 7.89. The fourth-order valence-electron chi connectivity index (χ4n) is 2.40. The standard InChI is InChI=1S/C17H31N7O7S2/c18-8(6-32)13(27)24-11(7-33)15(29)22-9(3-4-12(25)26)14(28)23-10(16(30)31)2-1-5-21-17(19)20/h8-11,32-33H,1-7,18H2,(H,22,29)(H,23,28)(H,24,27)(H,25,26)(H,30,31)(H4,19,20,21). The van der Waals surface area contributed by atoms with E-state index in [9.17, 15) is 29.1 Å². The van der Waals surface area contributed by atoms with Gasteiger partial charge in [0, 0.05) is 24.5 Å². The summed E-state index contributed by atoms with van der Waals surface area (Å²) in [6.07, 6.45) is -0.589. The largest absolute Gasteiger partial charge is 0.481 e. The van der Waals surface area contributed by atoms with Crippen LogP contribution in [0, 0.1) is 0 Å². The Morgan fingerprint density at radius 3 is 1.85 bits per heavy atom. The molecule has 0 heterocycles. The topological polar surface area (TPSA) is 252 Å². The number of carbonyl (C=O) groups is 5. The molecule has 14 nitrogen and oxygen atoms in total. The van der Waals surface area contributed by atoms with Crippen molar-refractivity contribution in [2.45, 2.75) is 49.9 Å². The van der Waals surface area contributed by atoms with Gasteiger partial charge in [0.1, 0.15) is 18.1 Å². The molecule has 0 rings (SSSR count). The van der Waals surface area contributed by atoms with E-state index in [2.05, 4.69) is 46.2 Å². The van der Waals surface area contributed by atoms with E-state index in [1.54, 1.807) is 0 Å². The molecule has 0 aliphatic carbocycles. The molecule has 4 atom stereocenters. The molecule has 188 valence electrons. The minimum absolute atomic E-state index is 0.0195. The monoisotopic (exact) mass is 509 g/mol. The Morgan fingerprint density at radius 2 is 1.36 bits per heavy atom. The van der Waals surface area contributed by atoms with E-state index in [0.717, 1.165) is 0 Å². The molecule has 0 saturated carbocycles. The van der Waals surface area contributed by atoms with E-state index in [1.165, 1.54) is 0 Å². The van der Waals surface area contributed by atoms with E-state index < -0.39 is 60.2 Å². The van der Waals surface area contributed by atoms with Crippen molar-refractivity contribution >= 4 is 60.9 Å². The second-order valence-corrected chi connectivity index (χ2v) is 7.60. The molecule has 0 aromatic rings. The van der Waals surface area contributed by atoms with E-state index >= 15 is 0 Å². The van der Waals surface area contributed by atoms with Crippen molar-refractivity contribution in [3.05, 3.63) is 0 Å². The number of hydrogen-bond acceptors (Lipinski definition) is 9. The first-order valence-electron chi connectivity index (χ1n) is 9.81. The molecule has 0 aromatic carbocycles. The summed E-state index contributed by atoms with van der Waals surface area (Å²) in [6, 6.07) is -4.87. The maximum absolute atomic E-state index is 12.6. The normalized spacial score (nSPS) is 14.2. The molecular weight excluding hydrogens is 478 g/mol. The average Bonchev–Trinajstić information content (AvgIpc) is 2.75. The molecule has 0 aliphatic heterocycles. The van der Waals surface area contributed by atoms with Gasteiger partial charge >= 0.3 is 11.9 Å². The number of hydrogen-bond donors (Lipinski definition) is 10. The lowest BCUT2D eigenvalue weighted by Crippen LogP contribution is -2.57. The molecule has 0 saturated heterocycles. The van der Waals surface area contributed by atoms with Gasteiger partial charge in [-0.05, 0) is 19.3 Å². The molecule has 16 heteroatoms. The summed E-state index contributed by atoms with van der Waals surface area (Å²) in [5, 5.41) is 25.2. The third-order valence-corrected chi connectivity index (χ3v) is 4.95. The van der Waals surface area contributed by atoms with Crippen molar-refractivity contribution < 1.29 is 34.2 Å². The molecule has 0 spiro atoms. The van der Waals surface area contributed by atoms with Crippen LogP contribution in [0.2, 0.25) is 0 Å². The zero-order chi connectivity index (χ0) is 25.6. The van der Waals surface area contributed by atoms with Crippen LogP contribution in [0.5, 0.6) is 0 Å². The van der Waals surface area contributed by atoms with Gasteiger partial charge in [0.05, 0.1) is 6.04 Å². The first-order valence-corrected chi connectivity index (χ1v) is 11.1. The Balaban J connectivity index is 5.29. The van der Waals surface area contributed by atoms with Crippen LogP contribution in [0.4, 0.5) is 0 Å². The molecular formula is C17H31N7O7S2. The Kier molecular flexibility index (Phi) is 14.7. The number of amides is 3. The van der Waals surface area contributed by atoms with Crippen molar-refractivity contribution in [3.63, 3.8) is 0 Å². The second kappa shape index (κ2) is 16.0. The minimum Gasteiger partial charge on any atom is -0.481 e. The summed E-state index contributed by atoms with van der Waals surface area (Å²) in [7, 11) is 0. The number of nitrogens with two attached hydrogens (primary N) is 3. The van der Waals surface area contributed by atoms with Crippen LogP contribution >= 0.6 is 25.3 Å². The van der Waals surface area contributed by atoms with Crippen molar-refractivity contribution in [2.75, 3.05) is 18.1 Å². The average molecular weight is 510 g/mol. The summed E-state index contributed by atoms with van der Waals surface area (Å²) < 4.78 is 0. The fourth-order valence-corrected chi connectivity index (χ4v) is 2.82. The molecule has 0 aromatic heterocycles. The molecule has 4 unspecified atom stereocenters. The summed E-state index contributed by atoms with van der Waals surface area (Å²) in [5.74, 6) is -5.25. The van der Waals surface area contributed by atoms with Gasteiger partial charge in [-0.2, -0.15) is 25.3 Å². The number of carboxylic acids is 2. The van der Waals surface area contributed by atoms with Gasteiger partial charge in [-0.15, -0.1) is 0 Å². The summed E-state index contributed by atoms with van der Waals surface area (Å²) in [4.78, 5) is 63.3. The number of guanidine groups is 1. The predicted octanol–water partition coefficient (Wildman–Crippen LogP) is -3.37. The van der Waals surface area contributed by atoms with Crippen molar-refractivity contribution in [1.29, 1.82) is 0 Å². The van der Waals surface area contributed by atoms with E-state index in [4.69, 9.17) is 22.3 Å². The SMILES string of the molecule is NC(N)=NCCCC(NC(=O)C(CCC(=O)O)NC(=O)C(CS)NC(=O)C(N)CS)C(=O)O. The Labute approximate surface area is 201 Å². The quantitative estimate of drug-likeness (QED) is 0.0427. The number of nitrogens with zero attached hydrogens (tertiary/aromatic N) is 1. The number of aliphatic carboxylic acids is 2. The first-order chi connectivity index (χ1) is 15.4. The highest BCUT2D eigenvalue weighted by atomic mass is 32.1. The van der Waals surface area contributed by atoms with Gasteiger partial charge in [-0.25, -0.2) is 4.79 Å². The van der Waals surface area contributed by atoms with Crippen LogP contribution in [0.1, 0.15) is 25.7 Å². The molecule has 11 N–H and O–H groups in total. The molecule has 0 bridgehead atoms. The molecule has 0 aliphatic rings. The minimum atomic E-state index is -1.38. The Hall–Kier alpha value is -2.72. The number of rotatable bonds is 16. The maximum atomic E-state index is 12.6. The lowest BCUT2D eigenvalue weighted by molar-refractivity contribution is -0.143. The Bertz CT molecular complexity index is 735. The molecule has 3 amide bonds. The van der Waals surface area contributed by atoms with Crippen LogP contribution in [-0.2, 0) is 24.0 Å². The lowest BCUT2D eigenvalue weighted by atomic mass is 10.1. The first kappa shape index (κ1) is 30.3. The molecule has 0 radical (unpaired) electrons. The van der Waals surface area contributed by atoms with Gasteiger partial charge in [0.2, 0.25) is 17.7 Å². The lowest BCUT2D eigenvalue weighted by Gasteiger charge is -2.24. The van der Waals surface area contributed by atoms with Crippen molar-refractivity contribution in [1.82, 2.24) is 16.0 Å². The zero-order valence-electron chi connectivity index (χ0n) is 17.8. The van der Waals surface area contributed by atoms with Gasteiger partial charge in [0.25, 0.3) is 0 Å². The maximum Gasteiger partial charge on any atom is 0.326 e. The van der Waals surface area contributed by atoms with Crippen LogP contribution in [-0.4, -0.2) is 88.1 Å². The van der Waals surface area contributed by atoms with Gasteiger partial charge in [-0.3, -0.25) is 24.2 Å². The van der Waals surface area contributed by atoms with E-state index in [0.29, 0.717) is 0 Å². The third kappa shape index (κ3) is 12.8. The van der Waals surface area contributed by atoms with Crippen molar-refractivity contribution in [3.8, 4) is 0 Å². The van der Waals surface area contributed by atoms with Crippen LogP contribution in [0.25, 0.3) is 0 Å². The summed E-state index contributed by atoms with van der Waals surface area (Å²) in [6.45, 7) is 0.138. The Morgan fingerprint density at radius 1 is 0.818 bits per heavy atom. The van der Waals surface area contributed by atoms with E-state index in [-0.39, 0.29) is 43.3 Å². The van der Waals surface area contributed by atoms with Crippen LogP contribution < -0.4 is 33.2 Å². The smallest absolute Gasteiger partial charge is 0.326 e. The predicted molar refractivity (Wildman–Crippen MR) is 126 cm³/mol. The highest BCUT2D eigenvalue weighted by Crippen LogP contribution is 2.04. The molecule has 33 heavy (non-hydrogen) atoms. The van der Waals surface area contributed by atoms with Gasteiger partial charge in [0.15, 0.2) is 5.96 Å². The highest BCUT2D eigenvalue weighted by molar-refractivity contribution is 7.80. The molecule has 0 fully saturated rings. The van der Waals surface area contributed by atoms with Crippen LogP contribution in [0.3, 0.4) is 0 Å². The number of carboxylic acid groups (broad SMARTS) is 2. The number of thiol groups is 2. The zero-order valence-corrected chi connectivity index (χ0v) is 19.6. The number of aliphatic imine (C=N–C) groups is 1. The van der Waals surface area contributed by atoms with Crippen LogP contribution in [0.15, 0.2) is 4.99 Å². The van der Waals surface area contributed by atoms with Crippen molar-refractivity contribution in [2.24, 2.45) is 22.2 Å². The summed E-state index contributed by atoms with van der Waals surface area (Å²) in [5.41, 5.74) is 15.9. The number of carbonyl (C=O) groups excluding carboxylic acids is 3. The van der Waals surface area contributed by atoms with Gasteiger partial charge in [-0.1, -0.05) is 0 Å².